The number of rotatable bonds is 52. The van der Waals surface area contributed by atoms with Gasteiger partial charge >= 0.3 is 13.8 Å². The zero-order chi connectivity index (χ0) is 50.5. The van der Waals surface area contributed by atoms with Gasteiger partial charge in [-0.05, 0) is 70.6 Å². The fraction of sp³-hybridized carbons (Fsp3) is 0.750. The van der Waals surface area contributed by atoms with E-state index < -0.39 is 13.9 Å². The lowest BCUT2D eigenvalue weighted by atomic mass is 10.0. The van der Waals surface area contributed by atoms with Gasteiger partial charge in [-0.1, -0.05) is 240 Å². The van der Waals surface area contributed by atoms with Gasteiger partial charge in [0, 0.05) is 13.0 Å². The fourth-order valence-corrected chi connectivity index (χ4v) is 8.39. The molecule has 0 aromatic carbocycles. The average Bonchev–Trinajstić information content (AvgIpc) is 3.31. The van der Waals surface area contributed by atoms with Crippen LogP contribution in [0.3, 0.4) is 0 Å². The maximum atomic E-state index is 12.8. The number of ether oxygens (including phenoxy) is 2. The molecule has 0 fully saturated rings. The van der Waals surface area contributed by atoms with Crippen molar-refractivity contribution in [3.63, 3.8) is 0 Å². The highest BCUT2D eigenvalue weighted by Crippen LogP contribution is 2.43. The smallest absolute Gasteiger partial charge is 0.457 e. The Morgan fingerprint density at radius 2 is 0.841 bits per heavy atom. The Hall–Kier alpha value is -2.32. The number of hydrogen-bond donors (Lipinski definition) is 1. The second-order valence-electron chi connectivity index (χ2n) is 19.9. The van der Waals surface area contributed by atoms with Crippen LogP contribution < -0.4 is 0 Å². The van der Waals surface area contributed by atoms with Crippen LogP contribution in [0.2, 0.25) is 0 Å². The second-order valence-corrected chi connectivity index (χ2v) is 21.4. The predicted molar refractivity (Wildman–Crippen MR) is 298 cm³/mol. The van der Waals surface area contributed by atoms with Crippen LogP contribution >= 0.6 is 7.82 Å². The lowest BCUT2D eigenvalue weighted by Crippen LogP contribution is -2.37. The number of hydrogen-bond acceptors (Lipinski definition) is 6. The SMILES string of the molecule is CC/C=C\C/C=C\C/C=C\C/C=C\C/C=C\C/C=C\C/C=C\CCCCOCC(COP(=O)(O)OCC[N+](C)(C)C)OC(=O)CCCCCCCCCCCCCCCCCCCCCCCCC. The molecular formula is C60H109NO7P+. The largest absolute Gasteiger partial charge is 0.472 e. The normalized spacial score (nSPS) is 14.1. The van der Waals surface area contributed by atoms with Crippen molar-refractivity contribution in [2.75, 3.05) is 54.1 Å². The van der Waals surface area contributed by atoms with Crippen LogP contribution in [-0.4, -0.2) is 75.6 Å². The minimum atomic E-state index is -4.30. The Bertz CT molecular complexity index is 1380. The standard InChI is InChI=1S/C60H108NO7P/c1-6-8-10-12-14-16-18-20-22-24-26-28-30-32-34-36-38-40-42-44-46-48-50-52-55-65-57-59(58-67-69(63,64)66-56-54-61(3,4)5)68-60(62)53-51-49-47-45-43-41-39-37-35-33-31-29-27-25-23-21-19-17-15-13-11-9-7-2/h8,10,14,16,20,22,26,28,32,34,38,40,44,46,59H,6-7,9,11-13,15,17-19,21,23-25,27,29-31,33,35-37,39,41-43,45,47-58H2,1-5H3/p+1/b10-8-,16-14-,22-20-,28-26-,34-32-,40-38-,46-44-. The van der Waals surface area contributed by atoms with Gasteiger partial charge in [0.15, 0.2) is 0 Å². The quantitative estimate of drug-likeness (QED) is 0.0213. The van der Waals surface area contributed by atoms with E-state index in [9.17, 15) is 14.3 Å². The van der Waals surface area contributed by atoms with Gasteiger partial charge in [0.1, 0.15) is 19.3 Å². The highest BCUT2D eigenvalue weighted by molar-refractivity contribution is 7.47. The van der Waals surface area contributed by atoms with Gasteiger partial charge in [-0.3, -0.25) is 13.8 Å². The van der Waals surface area contributed by atoms with Crippen molar-refractivity contribution in [3.05, 3.63) is 85.1 Å². The molecule has 400 valence electrons. The molecule has 0 saturated heterocycles. The molecule has 9 heteroatoms. The third-order valence-corrected chi connectivity index (χ3v) is 13.0. The molecular weight excluding hydrogens is 878 g/mol. The number of unbranched alkanes of at least 4 members (excludes halogenated alkanes) is 24. The molecule has 0 amide bonds. The molecule has 0 aliphatic heterocycles. The van der Waals surface area contributed by atoms with Gasteiger partial charge in [-0.15, -0.1) is 0 Å². The Kier molecular flexibility index (Phi) is 50.3. The fourth-order valence-electron chi connectivity index (χ4n) is 7.65. The Balaban J connectivity index is 4.18. The first-order chi connectivity index (χ1) is 33.6. The lowest BCUT2D eigenvalue weighted by Gasteiger charge is -2.24. The molecule has 0 aliphatic carbocycles. The summed E-state index contributed by atoms with van der Waals surface area (Å²) in [6, 6.07) is 0. The number of likely N-dealkylation sites (N-methyl/N-ethyl adjacent to an activating group) is 1. The van der Waals surface area contributed by atoms with Crippen LogP contribution in [0.1, 0.15) is 232 Å². The Morgan fingerprint density at radius 3 is 1.23 bits per heavy atom. The summed E-state index contributed by atoms with van der Waals surface area (Å²) in [5, 5.41) is 0. The molecule has 0 spiro atoms. The lowest BCUT2D eigenvalue weighted by molar-refractivity contribution is -0.870. The molecule has 0 rings (SSSR count). The number of esters is 1. The van der Waals surface area contributed by atoms with E-state index in [2.05, 4.69) is 98.9 Å². The third-order valence-electron chi connectivity index (χ3n) is 12.0. The van der Waals surface area contributed by atoms with Crippen LogP contribution in [0.5, 0.6) is 0 Å². The van der Waals surface area contributed by atoms with Crippen molar-refractivity contribution < 1.29 is 37.3 Å². The summed E-state index contributed by atoms with van der Waals surface area (Å²) in [4.78, 5) is 23.1. The first-order valence-corrected chi connectivity index (χ1v) is 29.8. The van der Waals surface area contributed by atoms with Gasteiger partial charge in [-0.25, -0.2) is 4.57 Å². The summed E-state index contributed by atoms with van der Waals surface area (Å²) < 4.78 is 35.2. The summed E-state index contributed by atoms with van der Waals surface area (Å²) in [6.07, 6.45) is 70.8. The minimum absolute atomic E-state index is 0.0770. The van der Waals surface area contributed by atoms with Crippen molar-refractivity contribution in [2.45, 2.75) is 238 Å². The van der Waals surface area contributed by atoms with Crippen LogP contribution in [0.15, 0.2) is 85.1 Å². The van der Waals surface area contributed by atoms with E-state index in [1.807, 2.05) is 21.1 Å². The number of quaternary nitrogens is 1. The Morgan fingerprint density at radius 1 is 0.464 bits per heavy atom. The summed E-state index contributed by atoms with van der Waals surface area (Å²) in [5.74, 6) is -0.327. The average molecular weight is 988 g/mol. The highest BCUT2D eigenvalue weighted by Gasteiger charge is 2.26. The van der Waals surface area contributed by atoms with Crippen molar-refractivity contribution in [2.24, 2.45) is 0 Å². The summed E-state index contributed by atoms with van der Waals surface area (Å²) in [5.41, 5.74) is 0. The van der Waals surface area contributed by atoms with E-state index in [-0.39, 0.29) is 25.8 Å². The van der Waals surface area contributed by atoms with E-state index >= 15 is 0 Å². The van der Waals surface area contributed by atoms with E-state index in [1.165, 1.54) is 128 Å². The van der Waals surface area contributed by atoms with Crippen LogP contribution in [0.25, 0.3) is 0 Å². The molecule has 0 heterocycles. The number of carbonyl (C=O) groups excluding carboxylic acids is 1. The second kappa shape index (κ2) is 52.0. The molecule has 2 atom stereocenters. The van der Waals surface area contributed by atoms with Crippen molar-refractivity contribution >= 4 is 13.8 Å². The molecule has 8 nitrogen and oxygen atoms in total. The molecule has 69 heavy (non-hydrogen) atoms. The van der Waals surface area contributed by atoms with Crippen molar-refractivity contribution in [1.82, 2.24) is 0 Å². The third kappa shape index (κ3) is 56.5. The maximum Gasteiger partial charge on any atom is 0.472 e. The van der Waals surface area contributed by atoms with Crippen molar-refractivity contribution in [3.8, 4) is 0 Å². The molecule has 0 aromatic rings. The topological polar surface area (TPSA) is 91.3 Å². The summed E-state index contributed by atoms with van der Waals surface area (Å²) in [7, 11) is 1.63. The minimum Gasteiger partial charge on any atom is -0.457 e. The number of phosphoric ester groups is 1. The molecule has 2 unspecified atom stereocenters. The molecule has 0 radical (unpaired) electrons. The maximum absolute atomic E-state index is 12.8. The van der Waals surface area contributed by atoms with E-state index in [1.54, 1.807) is 0 Å². The van der Waals surface area contributed by atoms with E-state index in [0.29, 0.717) is 24.1 Å². The number of phosphoric acid groups is 1. The zero-order valence-corrected chi connectivity index (χ0v) is 46.4. The monoisotopic (exact) mass is 987 g/mol. The molecule has 0 bridgehead atoms. The van der Waals surface area contributed by atoms with Gasteiger partial charge in [0.05, 0.1) is 34.4 Å². The Labute approximate surface area is 426 Å². The van der Waals surface area contributed by atoms with E-state index in [4.69, 9.17) is 18.5 Å². The van der Waals surface area contributed by atoms with Crippen LogP contribution in [0, 0.1) is 0 Å². The van der Waals surface area contributed by atoms with Gasteiger partial charge in [0.2, 0.25) is 0 Å². The van der Waals surface area contributed by atoms with Crippen molar-refractivity contribution in [1.29, 1.82) is 0 Å². The van der Waals surface area contributed by atoms with E-state index in [0.717, 1.165) is 83.5 Å². The van der Waals surface area contributed by atoms with Gasteiger partial charge in [-0.2, -0.15) is 0 Å². The van der Waals surface area contributed by atoms with Crippen LogP contribution in [-0.2, 0) is 27.9 Å². The molecule has 0 aliphatic rings. The summed E-state index contributed by atoms with van der Waals surface area (Å²) in [6.45, 7) is 5.41. The predicted octanol–water partition coefficient (Wildman–Crippen LogP) is 18.0. The molecule has 0 saturated carbocycles. The van der Waals surface area contributed by atoms with Crippen LogP contribution in [0.4, 0.5) is 0 Å². The number of carbonyl (C=O) groups is 1. The molecule has 1 N–H and O–H groups in total. The first kappa shape index (κ1) is 66.7. The first-order valence-electron chi connectivity index (χ1n) is 28.3. The highest BCUT2D eigenvalue weighted by atomic mass is 31.2. The molecule has 0 aromatic heterocycles. The zero-order valence-electron chi connectivity index (χ0n) is 45.5. The number of nitrogens with zero attached hydrogens (tertiary/aromatic N) is 1. The number of allylic oxidation sites excluding steroid dienone is 14. The van der Waals surface area contributed by atoms with Gasteiger partial charge in [0.25, 0.3) is 0 Å². The van der Waals surface area contributed by atoms with Gasteiger partial charge < -0.3 is 18.9 Å². The summed E-state index contributed by atoms with van der Waals surface area (Å²) >= 11 is 0.